The molecule has 156 valence electrons. The fourth-order valence-electron chi connectivity index (χ4n) is 3.92. The molecule has 30 heavy (non-hydrogen) atoms. The number of aryl methyl sites for hydroxylation is 2. The summed E-state index contributed by atoms with van der Waals surface area (Å²) in [5.41, 5.74) is 17.3. The van der Waals surface area contributed by atoms with Crippen molar-refractivity contribution in [3.8, 4) is 10.6 Å². The standard InChI is InChI=1S/C22H26N6OS/c1-13-5-3-6-14(2)18(13)22-27-19(20(24)30-22)21(29)26-16-11-25-9-8-17(16)28-10-4-7-15(23)12-28/h3,5-6,8-9,11,15H,4,7,10,12,23-24H2,1-2H3,(H,26,29). The van der Waals surface area contributed by atoms with Crippen molar-refractivity contribution >= 4 is 33.6 Å². The predicted octanol–water partition coefficient (Wildman–Crippen LogP) is 3.58. The fraction of sp³-hybridized carbons (Fsp3) is 0.318. The van der Waals surface area contributed by atoms with Crippen LogP contribution in [0.5, 0.6) is 0 Å². The number of nitrogen functional groups attached to an aromatic ring is 1. The van der Waals surface area contributed by atoms with Crippen molar-refractivity contribution < 1.29 is 4.79 Å². The monoisotopic (exact) mass is 422 g/mol. The summed E-state index contributed by atoms with van der Waals surface area (Å²) in [6.07, 6.45) is 5.42. The second-order valence-electron chi connectivity index (χ2n) is 7.69. The van der Waals surface area contributed by atoms with Gasteiger partial charge in [-0.1, -0.05) is 29.5 Å². The van der Waals surface area contributed by atoms with Gasteiger partial charge in [-0.2, -0.15) is 0 Å². The molecular formula is C22H26N6OS. The first-order valence-electron chi connectivity index (χ1n) is 10.0. The number of piperidine rings is 1. The lowest BCUT2D eigenvalue weighted by molar-refractivity contribution is 0.102. The lowest BCUT2D eigenvalue weighted by atomic mass is 10.0. The molecule has 3 aromatic rings. The highest BCUT2D eigenvalue weighted by atomic mass is 32.1. The summed E-state index contributed by atoms with van der Waals surface area (Å²) in [5, 5.41) is 4.10. The third kappa shape index (κ3) is 4.01. The van der Waals surface area contributed by atoms with Crippen LogP contribution in [-0.4, -0.2) is 35.0 Å². The molecule has 1 unspecified atom stereocenters. The molecule has 1 fully saturated rings. The molecule has 1 aliphatic heterocycles. The number of pyridine rings is 1. The summed E-state index contributed by atoms with van der Waals surface area (Å²) in [6, 6.07) is 8.11. The average Bonchev–Trinajstić information content (AvgIpc) is 3.09. The Morgan fingerprint density at radius 3 is 2.77 bits per heavy atom. The number of hydrogen-bond acceptors (Lipinski definition) is 7. The van der Waals surface area contributed by atoms with Gasteiger partial charge in [-0.05, 0) is 43.9 Å². The van der Waals surface area contributed by atoms with Gasteiger partial charge >= 0.3 is 0 Å². The Morgan fingerprint density at radius 2 is 2.03 bits per heavy atom. The molecule has 0 saturated carbocycles. The molecule has 1 saturated heterocycles. The predicted molar refractivity (Wildman–Crippen MR) is 123 cm³/mol. The quantitative estimate of drug-likeness (QED) is 0.593. The van der Waals surface area contributed by atoms with E-state index in [-0.39, 0.29) is 17.6 Å². The van der Waals surface area contributed by atoms with Crippen LogP contribution in [0.3, 0.4) is 0 Å². The van der Waals surface area contributed by atoms with E-state index in [0.29, 0.717) is 10.7 Å². The molecule has 1 aromatic carbocycles. The van der Waals surface area contributed by atoms with Crippen molar-refractivity contribution in [2.45, 2.75) is 32.7 Å². The number of rotatable bonds is 4. The maximum atomic E-state index is 13.0. The minimum absolute atomic E-state index is 0.129. The molecule has 0 bridgehead atoms. The van der Waals surface area contributed by atoms with E-state index in [1.54, 1.807) is 12.4 Å². The van der Waals surface area contributed by atoms with E-state index in [2.05, 4.69) is 20.2 Å². The first-order valence-corrected chi connectivity index (χ1v) is 10.8. The number of benzene rings is 1. The van der Waals surface area contributed by atoms with E-state index in [0.717, 1.165) is 53.3 Å². The summed E-state index contributed by atoms with van der Waals surface area (Å²) in [5.74, 6) is -0.336. The average molecular weight is 423 g/mol. The fourth-order valence-corrected chi connectivity index (χ4v) is 4.93. The number of nitrogens with one attached hydrogen (secondary N) is 1. The van der Waals surface area contributed by atoms with Crippen LogP contribution in [0.4, 0.5) is 16.4 Å². The molecule has 3 heterocycles. The number of anilines is 3. The van der Waals surface area contributed by atoms with Crippen LogP contribution in [0.25, 0.3) is 10.6 Å². The number of amides is 1. The molecule has 5 N–H and O–H groups in total. The molecular weight excluding hydrogens is 396 g/mol. The van der Waals surface area contributed by atoms with Gasteiger partial charge < -0.3 is 21.7 Å². The van der Waals surface area contributed by atoms with Crippen LogP contribution in [0.2, 0.25) is 0 Å². The van der Waals surface area contributed by atoms with Gasteiger partial charge in [0, 0.05) is 30.9 Å². The molecule has 8 heteroatoms. The van der Waals surface area contributed by atoms with Gasteiger partial charge in [0.25, 0.3) is 5.91 Å². The van der Waals surface area contributed by atoms with Crippen LogP contribution < -0.4 is 21.7 Å². The Bertz CT molecular complexity index is 1060. The van der Waals surface area contributed by atoms with Crippen LogP contribution in [0.15, 0.2) is 36.7 Å². The molecule has 1 atom stereocenters. The van der Waals surface area contributed by atoms with Crippen molar-refractivity contribution in [2.24, 2.45) is 5.73 Å². The second kappa shape index (κ2) is 8.41. The van der Waals surface area contributed by atoms with Gasteiger partial charge in [0.2, 0.25) is 0 Å². The smallest absolute Gasteiger partial charge is 0.277 e. The van der Waals surface area contributed by atoms with Gasteiger partial charge in [0.1, 0.15) is 10.0 Å². The summed E-state index contributed by atoms with van der Waals surface area (Å²) >= 11 is 1.33. The normalized spacial score (nSPS) is 16.5. The van der Waals surface area contributed by atoms with Gasteiger partial charge in [-0.15, -0.1) is 0 Å². The molecule has 2 aromatic heterocycles. The van der Waals surface area contributed by atoms with E-state index in [1.807, 2.05) is 38.1 Å². The highest BCUT2D eigenvalue weighted by Gasteiger charge is 2.23. The zero-order valence-corrected chi connectivity index (χ0v) is 18.0. The van der Waals surface area contributed by atoms with E-state index in [1.165, 1.54) is 11.3 Å². The SMILES string of the molecule is Cc1cccc(C)c1-c1nc(C(=O)Nc2cnccc2N2CCCC(N)C2)c(N)s1. The Morgan fingerprint density at radius 1 is 1.27 bits per heavy atom. The topological polar surface area (TPSA) is 110 Å². The van der Waals surface area contributed by atoms with Gasteiger partial charge in [0.15, 0.2) is 5.69 Å². The van der Waals surface area contributed by atoms with Gasteiger partial charge in [-0.25, -0.2) is 4.98 Å². The minimum atomic E-state index is -0.336. The zero-order valence-electron chi connectivity index (χ0n) is 17.2. The van der Waals surface area contributed by atoms with E-state index >= 15 is 0 Å². The molecule has 1 aliphatic rings. The summed E-state index contributed by atoms with van der Waals surface area (Å²) in [7, 11) is 0. The van der Waals surface area contributed by atoms with Gasteiger partial charge in [0.05, 0.1) is 17.6 Å². The highest BCUT2D eigenvalue weighted by molar-refractivity contribution is 7.19. The second-order valence-corrected chi connectivity index (χ2v) is 8.72. The Balaban J connectivity index is 1.61. The molecule has 0 aliphatic carbocycles. The molecule has 4 rings (SSSR count). The Kier molecular flexibility index (Phi) is 5.69. The van der Waals surface area contributed by atoms with Crippen molar-refractivity contribution in [2.75, 3.05) is 29.0 Å². The molecule has 7 nitrogen and oxygen atoms in total. The summed E-state index contributed by atoms with van der Waals surface area (Å²) < 4.78 is 0. The molecule has 0 radical (unpaired) electrons. The largest absolute Gasteiger partial charge is 0.389 e. The number of aromatic nitrogens is 2. The number of carbonyl (C=O) groups excluding carboxylic acids is 1. The lowest BCUT2D eigenvalue weighted by Gasteiger charge is -2.33. The van der Waals surface area contributed by atoms with E-state index < -0.39 is 0 Å². The lowest BCUT2D eigenvalue weighted by Crippen LogP contribution is -2.43. The zero-order chi connectivity index (χ0) is 21.3. The first kappa shape index (κ1) is 20.3. The number of nitrogens with two attached hydrogens (primary N) is 2. The van der Waals surface area contributed by atoms with Gasteiger partial charge in [-0.3, -0.25) is 9.78 Å². The van der Waals surface area contributed by atoms with Crippen molar-refractivity contribution in [1.82, 2.24) is 9.97 Å². The van der Waals surface area contributed by atoms with Crippen molar-refractivity contribution in [1.29, 1.82) is 0 Å². The van der Waals surface area contributed by atoms with Crippen LogP contribution in [0.1, 0.15) is 34.5 Å². The third-order valence-electron chi connectivity index (χ3n) is 5.41. The maximum absolute atomic E-state index is 13.0. The number of hydrogen-bond donors (Lipinski definition) is 3. The van der Waals surface area contributed by atoms with Crippen LogP contribution in [-0.2, 0) is 0 Å². The van der Waals surface area contributed by atoms with Crippen molar-refractivity contribution in [3.63, 3.8) is 0 Å². The van der Waals surface area contributed by atoms with E-state index in [9.17, 15) is 4.79 Å². The summed E-state index contributed by atoms with van der Waals surface area (Å²) in [4.78, 5) is 24.0. The van der Waals surface area contributed by atoms with Crippen LogP contribution in [0, 0.1) is 13.8 Å². The Labute approximate surface area is 180 Å². The highest BCUT2D eigenvalue weighted by Crippen LogP contribution is 2.35. The Hall–Kier alpha value is -2.97. The van der Waals surface area contributed by atoms with E-state index in [4.69, 9.17) is 11.5 Å². The number of carbonyl (C=O) groups is 1. The number of nitrogens with zero attached hydrogens (tertiary/aromatic N) is 3. The maximum Gasteiger partial charge on any atom is 0.277 e. The molecule has 1 amide bonds. The first-order chi connectivity index (χ1) is 14.4. The number of thiazole rings is 1. The summed E-state index contributed by atoms with van der Waals surface area (Å²) in [6.45, 7) is 5.72. The third-order valence-corrected chi connectivity index (χ3v) is 6.31. The minimum Gasteiger partial charge on any atom is -0.389 e. The van der Waals surface area contributed by atoms with Crippen LogP contribution >= 0.6 is 11.3 Å². The molecule has 0 spiro atoms. The van der Waals surface area contributed by atoms with Crippen molar-refractivity contribution in [3.05, 3.63) is 53.5 Å².